The number of halogens is 2. The van der Waals surface area contributed by atoms with Gasteiger partial charge >= 0.3 is 5.97 Å². The molecule has 1 aliphatic heterocycles. The van der Waals surface area contributed by atoms with Gasteiger partial charge in [-0.05, 0) is 24.1 Å². The summed E-state index contributed by atoms with van der Waals surface area (Å²) in [4.78, 5) is 37.5. The van der Waals surface area contributed by atoms with Crippen molar-refractivity contribution in [2.75, 3.05) is 6.54 Å². The third-order valence-electron chi connectivity index (χ3n) is 4.38. The van der Waals surface area contributed by atoms with Crippen LogP contribution in [0, 0.1) is 0 Å². The van der Waals surface area contributed by atoms with Crippen molar-refractivity contribution < 1.29 is 29.7 Å². The molecule has 148 valence electrons. The fraction of sp³-hybridized carbons (Fsp3) is 0.471. The van der Waals surface area contributed by atoms with Crippen molar-refractivity contribution in [2.24, 2.45) is 0 Å². The third-order valence-corrected chi connectivity index (χ3v) is 5.39. The van der Waals surface area contributed by atoms with Crippen molar-refractivity contribution in [3.8, 4) is 11.5 Å². The quantitative estimate of drug-likeness (QED) is 0.387. The maximum Gasteiger partial charge on any atom is 0.323 e. The van der Waals surface area contributed by atoms with Gasteiger partial charge < -0.3 is 25.5 Å². The zero-order chi connectivity index (χ0) is 20.3. The molecule has 8 nitrogen and oxygen atoms in total. The second-order valence-corrected chi connectivity index (χ2v) is 7.29. The summed E-state index contributed by atoms with van der Waals surface area (Å²) >= 11 is 11.8. The molecule has 0 bridgehead atoms. The smallest absolute Gasteiger partial charge is 0.323 e. The molecule has 2 rings (SSSR count). The van der Waals surface area contributed by atoms with Gasteiger partial charge in [0, 0.05) is 13.0 Å². The van der Waals surface area contributed by atoms with E-state index in [4.69, 9.17) is 28.3 Å². The summed E-state index contributed by atoms with van der Waals surface area (Å²) in [5.41, 5.74) is 0.505. The van der Waals surface area contributed by atoms with Crippen molar-refractivity contribution in [1.82, 2.24) is 10.2 Å². The van der Waals surface area contributed by atoms with E-state index in [9.17, 15) is 24.6 Å². The maximum absolute atomic E-state index is 12.7. The summed E-state index contributed by atoms with van der Waals surface area (Å²) in [5.74, 6) is -2.78. The summed E-state index contributed by atoms with van der Waals surface area (Å²) in [7, 11) is 0. The van der Waals surface area contributed by atoms with E-state index >= 15 is 0 Å². The molecule has 0 spiro atoms. The van der Waals surface area contributed by atoms with Gasteiger partial charge in [0.15, 0.2) is 11.5 Å². The van der Waals surface area contributed by atoms with E-state index in [0.717, 1.165) is 0 Å². The summed E-state index contributed by atoms with van der Waals surface area (Å²) in [6, 6.07) is 2.39. The number of carbonyl (C=O) groups is 3. The van der Waals surface area contributed by atoms with E-state index in [1.807, 2.05) is 0 Å². The van der Waals surface area contributed by atoms with Crippen molar-refractivity contribution in [2.45, 2.75) is 42.6 Å². The highest BCUT2D eigenvalue weighted by molar-refractivity contribution is 6.36. The number of carboxylic acid groups (broad SMARTS) is 1. The molecule has 4 atom stereocenters. The van der Waals surface area contributed by atoms with Gasteiger partial charge in [0.05, 0.1) is 5.38 Å². The highest BCUT2D eigenvalue weighted by atomic mass is 35.5. The molecule has 1 heterocycles. The van der Waals surface area contributed by atoms with Crippen LogP contribution < -0.4 is 5.32 Å². The van der Waals surface area contributed by atoms with Gasteiger partial charge in [0.2, 0.25) is 11.8 Å². The van der Waals surface area contributed by atoms with Gasteiger partial charge in [-0.15, -0.1) is 23.2 Å². The lowest BCUT2D eigenvalue weighted by Gasteiger charge is -2.40. The Hall–Kier alpha value is -2.19. The Morgan fingerprint density at radius 3 is 2.48 bits per heavy atom. The first kappa shape index (κ1) is 21.1. The summed E-state index contributed by atoms with van der Waals surface area (Å²) in [6.07, 6.45) is 0.412. The highest BCUT2D eigenvalue weighted by Crippen LogP contribution is 2.27. The fourth-order valence-electron chi connectivity index (χ4n) is 2.88. The number of amides is 2. The lowest BCUT2D eigenvalue weighted by molar-refractivity contribution is -0.149. The minimum absolute atomic E-state index is 0.0471. The zero-order valence-corrected chi connectivity index (χ0v) is 15.9. The largest absolute Gasteiger partial charge is 0.504 e. The molecule has 1 aliphatic rings. The number of benzene rings is 1. The number of carbonyl (C=O) groups excluding carboxylic acids is 2. The van der Waals surface area contributed by atoms with Crippen LogP contribution in [-0.2, 0) is 20.8 Å². The van der Waals surface area contributed by atoms with E-state index in [0.29, 0.717) is 12.0 Å². The number of aromatic hydroxyl groups is 2. The van der Waals surface area contributed by atoms with Crippen molar-refractivity contribution in [3.63, 3.8) is 0 Å². The maximum atomic E-state index is 12.7. The number of hydrogen-bond donors (Lipinski definition) is 4. The standard InChI is InChI=1S/C17H20Cl2N2O6/c1-2-10-16(25)21(7-9(18)14(19)17(26)27)11(15(24)20-10)5-8-3-4-12(22)13(23)6-8/h3-4,6,9-11,14,22-23H,2,5,7H2,1H3,(H,20,24)(H,26,27). The summed E-state index contributed by atoms with van der Waals surface area (Å²) in [5, 5.41) is 28.2. The first-order chi connectivity index (χ1) is 12.6. The fourth-order valence-corrected chi connectivity index (χ4v) is 3.21. The third kappa shape index (κ3) is 4.75. The van der Waals surface area contributed by atoms with Crippen molar-refractivity contribution in [1.29, 1.82) is 0 Å². The first-order valence-corrected chi connectivity index (χ1v) is 9.15. The predicted octanol–water partition coefficient (Wildman–Crippen LogP) is 1.05. The molecular weight excluding hydrogens is 399 g/mol. The van der Waals surface area contributed by atoms with Crippen LogP contribution in [0.4, 0.5) is 0 Å². The molecule has 1 saturated heterocycles. The van der Waals surface area contributed by atoms with Gasteiger partial charge in [-0.2, -0.15) is 0 Å². The monoisotopic (exact) mass is 418 g/mol. The predicted molar refractivity (Wildman–Crippen MR) is 98.1 cm³/mol. The number of nitrogens with zero attached hydrogens (tertiary/aromatic N) is 1. The summed E-state index contributed by atoms with van der Waals surface area (Å²) < 4.78 is 0. The Kier molecular flexibility index (Phi) is 6.78. The minimum atomic E-state index is -1.43. The average Bonchev–Trinajstić information content (AvgIpc) is 2.62. The SMILES string of the molecule is CCC1NC(=O)C(Cc2ccc(O)c(O)c2)N(CC(Cl)C(Cl)C(=O)O)C1=O. The Bertz CT molecular complexity index is 744. The molecule has 10 heteroatoms. The van der Waals surface area contributed by atoms with E-state index in [1.165, 1.54) is 23.1 Å². The first-order valence-electron chi connectivity index (χ1n) is 8.28. The van der Waals surface area contributed by atoms with E-state index < -0.39 is 34.7 Å². The van der Waals surface area contributed by atoms with Gasteiger partial charge in [-0.1, -0.05) is 13.0 Å². The number of hydrogen-bond acceptors (Lipinski definition) is 5. The Labute approximate surface area is 165 Å². The van der Waals surface area contributed by atoms with E-state index in [1.54, 1.807) is 6.92 Å². The molecule has 1 aromatic carbocycles. The van der Waals surface area contributed by atoms with Crippen LogP contribution in [-0.4, -0.2) is 67.4 Å². The number of nitrogens with one attached hydrogen (secondary N) is 1. The minimum Gasteiger partial charge on any atom is -0.504 e. The number of piperazine rings is 1. The number of carboxylic acids is 1. The van der Waals surface area contributed by atoms with Crippen LogP contribution in [0.1, 0.15) is 18.9 Å². The van der Waals surface area contributed by atoms with Crippen molar-refractivity contribution >= 4 is 41.0 Å². The Morgan fingerprint density at radius 2 is 1.93 bits per heavy atom. The number of rotatable bonds is 7. The molecule has 2 amide bonds. The zero-order valence-electron chi connectivity index (χ0n) is 14.4. The molecule has 0 saturated carbocycles. The van der Waals surface area contributed by atoms with E-state index in [-0.39, 0.29) is 30.4 Å². The van der Waals surface area contributed by atoms with Crippen LogP contribution in [0.15, 0.2) is 18.2 Å². The number of phenolic OH excluding ortho intramolecular Hbond substituents is 2. The Morgan fingerprint density at radius 1 is 1.26 bits per heavy atom. The van der Waals surface area contributed by atoms with Gasteiger partial charge in [0.25, 0.3) is 0 Å². The normalized spacial score (nSPS) is 22.3. The molecule has 0 aliphatic carbocycles. The number of phenols is 2. The summed E-state index contributed by atoms with van der Waals surface area (Å²) in [6.45, 7) is 1.51. The van der Waals surface area contributed by atoms with Crippen molar-refractivity contribution in [3.05, 3.63) is 23.8 Å². The molecule has 27 heavy (non-hydrogen) atoms. The van der Waals surface area contributed by atoms with Crippen LogP contribution in [0.2, 0.25) is 0 Å². The number of aliphatic carboxylic acids is 1. The van der Waals surface area contributed by atoms with Gasteiger partial charge in [-0.25, -0.2) is 0 Å². The second kappa shape index (κ2) is 8.67. The van der Waals surface area contributed by atoms with Crippen LogP contribution in [0.25, 0.3) is 0 Å². The van der Waals surface area contributed by atoms with Gasteiger partial charge in [0.1, 0.15) is 17.5 Å². The molecular formula is C17H20Cl2N2O6. The number of alkyl halides is 2. The Balaban J connectivity index is 2.29. The highest BCUT2D eigenvalue weighted by Gasteiger charge is 2.41. The van der Waals surface area contributed by atoms with E-state index in [2.05, 4.69) is 5.32 Å². The topological polar surface area (TPSA) is 127 Å². The van der Waals surface area contributed by atoms with Crippen LogP contribution in [0.3, 0.4) is 0 Å². The molecule has 4 N–H and O–H groups in total. The molecule has 1 aromatic rings. The second-order valence-electron chi connectivity index (χ2n) is 6.26. The van der Waals surface area contributed by atoms with Gasteiger partial charge in [-0.3, -0.25) is 14.4 Å². The van der Waals surface area contributed by atoms with Crippen LogP contribution in [0.5, 0.6) is 11.5 Å². The molecule has 0 aromatic heterocycles. The lowest BCUT2D eigenvalue weighted by atomic mass is 9.98. The lowest BCUT2D eigenvalue weighted by Crippen LogP contribution is -2.65. The molecule has 4 unspecified atom stereocenters. The average molecular weight is 419 g/mol. The van der Waals surface area contributed by atoms with Crippen LogP contribution >= 0.6 is 23.2 Å². The molecule has 0 radical (unpaired) electrons. The molecule has 1 fully saturated rings.